The van der Waals surface area contributed by atoms with Crippen LogP contribution in [0, 0.1) is 22.7 Å². The van der Waals surface area contributed by atoms with Gasteiger partial charge in [0, 0.05) is 23.6 Å². The number of amides is 2. The van der Waals surface area contributed by atoms with Crippen LogP contribution in [0.15, 0.2) is 23.8 Å². The van der Waals surface area contributed by atoms with Crippen LogP contribution in [0.25, 0.3) is 0 Å². The van der Waals surface area contributed by atoms with Gasteiger partial charge in [0.1, 0.15) is 25.2 Å². The molecule has 0 saturated heterocycles. The number of aliphatic hydroxyl groups is 2. The molecule has 1 unspecified atom stereocenters. The van der Waals surface area contributed by atoms with Crippen LogP contribution in [0.1, 0.15) is 58.8 Å². The number of carbonyl (C=O) groups excluding carboxylic acids is 3. The number of allylic oxidation sites excluding steroid dienone is 1. The number of esters is 1. The molecular formula is C30H45N3O10S. The van der Waals surface area contributed by atoms with Crippen molar-refractivity contribution in [1.82, 2.24) is 16.0 Å². The number of carboxylic acids is 2. The highest BCUT2D eigenvalue weighted by Gasteiger charge is 2.58. The SMILES string of the molecule is C=C1CC[C@@H]2[C@](C)(CO)[C@H](O)CC[C@@]2(C)[C@@H]1CC(N[C@@H](CCC(=O)N[C@@H](CS)C(=O)NCC(=O)O)C(=O)O)C1=CCOC1=O. The van der Waals surface area contributed by atoms with Gasteiger partial charge in [0.2, 0.25) is 11.8 Å². The first kappa shape index (κ1) is 35.5. The maximum Gasteiger partial charge on any atom is 0.335 e. The summed E-state index contributed by atoms with van der Waals surface area (Å²) >= 11 is 4.04. The number of nitrogens with one attached hydrogen (secondary N) is 3. The third-order valence-corrected chi connectivity index (χ3v) is 10.3. The van der Waals surface area contributed by atoms with E-state index in [2.05, 4.69) is 42.1 Å². The Kier molecular flexibility index (Phi) is 12.0. The molecule has 1 heterocycles. The number of hydrogen-bond donors (Lipinski definition) is 8. The lowest BCUT2D eigenvalue weighted by Gasteiger charge is -2.60. The molecule has 0 bridgehead atoms. The highest BCUT2D eigenvalue weighted by Crippen LogP contribution is 2.62. The van der Waals surface area contributed by atoms with Gasteiger partial charge in [-0.2, -0.15) is 12.6 Å². The maximum absolute atomic E-state index is 12.7. The summed E-state index contributed by atoms with van der Waals surface area (Å²) in [5.74, 6) is -4.70. The Hall–Kier alpha value is -2.94. The molecule has 0 radical (unpaired) electrons. The van der Waals surface area contributed by atoms with Gasteiger partial charge in [-0.05, 0) is 61.9 Å². The first-order valence-electron chi connectivity index (χ1n) is 14.9. The topological polar surface area (TPSA) is 212 Å². The van der Waals surface area contributed by atoms with Crippen molar-refractivity contribution >= 4 is 42.4 Å². The molecule has 0 aromatic rings. The first-order chi connectivity index (χ1) is 20.7. The lowest BCUT2D eigenvalue weighted by Crippen LogP contribution is -2.58. The number of rotatable bonds is 15. The molecule has 7 N–H and O–H groups in total. The van der Waals surface area contributed by atoms with Crippen LogP contribution in [0.2, 0.25) is 0 Å². The van der Waals surface area contributed by atoms with E-state index in [1.807, 2.05) is 6.92 Å². The number of hydrogen-bond acceptors (Lipinski definition) is 10. The third kappa shape index (κ3) is 7.82. The maximum atomic E-state index is 12.7. The van der Waals surface area contributed by atoms with Crippen molar-refractivity contribution in [3.63, 3.8) is 0 Å². The number of carboxylic acid groups (broad SMARTS) is 2. The standard InChI is InChI=1S/C30H45N3O10S/c1-16-4-6-22-29(2,10-8-23(35)30(22,3)15-34)18(16)12-20(17-9-11-43-28(17)42)32-19(27(40)41)5-7-24(36)33-21(14-44)26(39)31-13-25(37)38/h9,18-23,32,34-35,44H,1,4-8,10-15H2,2-3H3,(H,31,39)(H,33,36)(H,37,38)(H,40,41)/t18-,19+,20?,21+,22+,23-,29+,30+/m1/s1. The number of ether oxygens (including phenoxy) is 1. The average Bonchev–Trinajstić information content (AvgIpc) is 3.40. The second kappa shape index (κ2) is 14.9. The lowest BCUT2D eigenvalue weighted by atomic mass is 9.46. The van der Waals surface area contributed by atoms with Gasteiger partial charge < -0.3 is 35.8 Å². The molecular weight excluding hydrogens is 594 g/mol. The summed E-state index contributed by atoms with van der Waals surface area (Å²) in [7, 11) is 0. The van der Waals surface area contributed by atoms with E-state index in [9.17, 15) is 39.3 Å². The fourth-order valence-electron chi connectivity index (χ4n) is 7.36. The molecule has 246 valence electrons. The van der Waals surface area contributed by atoms with Crippen LogP contribution in [-0.4, -0.2) is 99.9 Å². The predicted octanol–water partition coefficient (Wildman–Crippen LogP) is 0.409. The Balaban J connectivity index is 1.78. The van der Waals surface area contributed by atoms with E-state index in [0.29, 0.717) is 31.3 Å². The van der Waals surface area contributed by atoms with E-state index >= 15 is 0 Å². The summed E-state index contributed by atoms with van der Waals surface area (Å²) in [6.45, 7) is 7.61. The molecule has 0 aromatic carbocycles. The highest BCUT2D eigenvalue weighted by atomic mass is 32.1. The number of cyclic esters (lactones) is 1. The van der Waals surface area contributed by atoms with E-state index in [1.165, 1.54) is 0 Å². The van der Waals surface area contributed by atoms with Gasteiger partial charge in [-0.15, -0.1) is 0 Å². The molecule has 3 rings (SSSR count). The molecule has 3 aliphatic rings. The van der Waals surface area contributed by atoms with Crippen LogP contribution >= 0.6 is 12.6 Å². The van der Waals surface area contributed by atoms with Crippen LogP contribution < -0.4 is 16.0 Å². The second-order valence-electron chi connectivity index (χ2n) is 12.6. The summed E-state index contributed by atoms with van der Waals surface area (Å²) in [6, 6.07) is -3.10. The molecule has 14 heteroatoms. The van der Waals surface area contributed by atoms with Gasteiger partial charge in [-0.3, -0.25) is 24.5 Å². The lowest BCUT2D eigenvalue weighted by molar-refractivity contribution is -0.153. The zero-order chi connectivity index (χ0) is 32.8. The summed E-state index contributed by atoms with van der Waals surface area (Å²) in [5, 5.41) is 47.7. The predicted molar refractivity (Wildman–Crippen MR) is 162 cm³/mol. The van der Waals surface area contributed by atoms with E-state index in [4.69, 9.17) is 9.84 Å². The highest BCUT2D eigenvalue weighted by molar-refractivity contribution is 7.80. The van der Waals surface area contributed by atoms with Gasteiger partial charge in [-0.25, -0.2) is 4.79 Å². The molecule has 2 aliphatic carbocycles. The van der Waals surface area contributed by atoms with Crippen molar-refractivity contribution in [3.05, 3.63) is 23.8 Å². The van der Waals surface area contributed by atoms with Gasteiger partial charge in [0.25, 0.3) is 0 Å². The smallest absolute Gasteiger partial charge is 0.335 e. The molecule has 8 atom stereocenters. The molecule has 1 aliphatic heterocycles. The third-order valence-electron chi connectivity index (χ3n) is 9.90. The van der Waals surface area contributed by atoms with Crippen LogP contribution in [0.4, 0.5) is 0 Å². The molecule has 2 saturated carbocycles. The summed E-state index contributed by atoms with van der Waals surface area (Å²) in [5.41, 5.74) is 0.165. The second-order valence-corrected chi connectivity index (χ2v) is 12.9. The first-order valence-corrected chi connectivity index (χ1v) is 15.5. The van der Waals surface area contributed by atoms with Crippen molar-refractivity contribution in [2.24, 2.45) is 22.7 Å². The van der Waals surface area contributed by atoms with Gasteiger partial charge in [-0.1, -0.05) is 26.0 Å². The molecule has 0 spiro atoms. The van der Waals surface area contributed by atoms with E-state index in [0.717, 1.165) is 12.0 Å². The van der Waals surface area contributed by atoms with Crippen LogP contribution in [0.3, 0.4) is 0 Å². The quantitative estimate of drug-likeness (QED) is 0.0698. The summed E-state index contributed by atoms with van der Waals surface area (Å²) < 4.78 is 5.16. The molecule has 2 fully saturated rings. The van der Waals surface area contributed by atoms with E-state index in [1.54, 1.807) is 6.08 Å². The number of aliphatic carboxylic acids is 2. The van der Waals surface area contributed by atoms with Crippen molar-refractivity contribution in [2.45, 2.75) is 83.0 Å². The summed E-state index contributed by atoms with van der Waals surface area (Å²) in [6.07, 6.45) is 3.41. The number of aliphatic hydroxyl groups excluding tert-OH is 2. The minimum absolute atomic E-state index is 0.0316. The van der Waals surface area contributed by atoms with Gasteiger partial charge in [0.05, 0.1) is 18.3 Å². The van der Waals surface area contributed by atoms with Crippen LogP contribution in [-0.2, 0) is 28.7 Å². The van der Waals surface area contributed by atoms with Crippen molar-refractivity contribution in [2.75, 3.05) is 25.5 Å². The zero-order valence-corrected chi connectivity index (χ0v) is 26.1. The average molecular weight is 640 g/mol. The fourth-order valence-corrected chi connectivity index (χ4v) is 7.61. The van der Waals surface area contributed by atoms with E-state index < -0.39 is 65.9 Å². The number of thiol groups is 1. The van der Waals surface area contributed by atoms with Crippen molar-refractivity contribution in [3.8, 4) is 0 Å². The molecule has 0 aromatic heterocycles. The monoisotopic (exact) mass is 639 g/mol. The normalized spacial score (nSPS) is 30.3. The largest absolute Gasteiger partial charge is 0.480 e. The molecule has 13 nitrogen and oxygen atoms in total. The Labute approximate surface area is 262 Å². The van der Waals surface area contributed by atoms with Crippen molar-refractivity contribution < 1.29 is 49.1 Å². The van der Waals surface area contributed by atoms with E-state index in [-0.39, 0.29) is 49.1 Å². The Bertz CT molecular complexity index is 1180. The summed E-state index contributed by atoms with van der Waals surface area (Å²) in [4.78, 5) is 60.6. The van der Waals surface area contributed by atoms with Gasteiger partial charge in [0.15, 0.2) is 0 Å². The minimum atomic E-state index is -1.25. The van der Waals surface area contributed by atoms with Crippen molar-refractivity contribution in [1.29, 1.82) is 0 Å². The zero-order valence-electron chi connectivity index (χ0n) is 25.2. The fraction of sp³-hybridized carbons (Fsp3) is 0.700. The number of carbonyl (C=O) groups is 5. The van der Waals surface area contributed by atoms with Crippen LogP contribution in [0.5, 0.6) is 0 Å². The minimum Gasteiger partial charge on any atom is -0.480 e. The Morgan fingerprint density at radius 3 is 2.45 bits per heavy atom. The Morgan fingerprint density at radius 1 is 1.18 bits per heavy atom. The number of fused-ring (bicyclic) bond motifs is 1. The Morgan fingerprint density at radius 2 is 1.89 bits per heavy atom. The molecule has 2 amide bonds. The molecule has 44 heavy (non-hydrogen) atoms. The van der Waals surface area contributed by atoms with Gasteiger partial charge >= 0.3 is 17.9 Å².